The Morgan fingerprint density at radius 1 is 1.03 bits per heavy atom. The molecule has 2 rings (SSSR count). The molecule has 0 atom stereocenters. The van der Waals surface area contributed by atoms with Gasteiger partial charge in [0.15, 0.2) is 0 Å². The number of amides is 1. The van der Waals surface area contributed by atoms with E-state index in [0.29, 0.717) is 24.7 Å². The third-order valence-electron chi connectivity index (χ3n) is 4.17. The highest BCUT2D eigenvalue weighted by Gasteiger charge is 2.20. The fourth-order valence-corrected chi connectivity index (χ4v) is 3.46. The van der Waals surface area contributed by atoms with Crippen LogP contribution >= 0.6 is 0 Å². The number of nitrogens with one attached hydrogen (secondary N) is 1. The van der Waals surface area contributed by atoms with Crippen LogP contribution in [0, 0.1) is 0 Å². The SMILES string of the molecule is CCCCOc1ccc(/C=N\NC(=O)CN(c2ccc(OCC)cc2)S(C)(=O)=O)cc1. The van der Waals surface area contributed by atoms with Crippen molar-refractivity contribution in [3.63, 3.8) is 0 Å². The lowest BCUT2D eigenvalue weighted by Crippen LogP contribution is -2.39. The monoisotopic (exact) mass is 447 g/mol. The molecule has 1 N–H and O–H groups in total. The van der Waals surface area contributed by atoms with Gasteiger partial charge in [0, 0.05) is 0 Å². The first-order valence-electron chi connectivity index (χ1n) is 10.1. The quantitative estimate of drug-likeness (QED) is 0.306. The number of hydrogen-bond acceptors (Lipinski definition) is 6. The van der Waals surface area contributed by atoms with Crippen molar-refractivity contribution in [2.75, 3.05) is 30.3 Å². The van der Waals surface area contributed by atoms with Crippen LogP contribution < -0.4 is 19.2 Å². The summed E-state index contributed by atoms with van der Waals surface area (Å²) in [5.74, 6) is 0.833. The molecule has 0 aliphatic carbocycles. The first kappa shape index (κ1) is 24.2. The van der Waals surface area contributed by atoms with E-state index >= 15 is 0 Å². The lowest BCUT2D eigenvalue weighted by atomic mass is 10.2. The van der Waals surface area contributed by atoms with Crippen molar-refractivity contribution in [1.29, 1.82) is 0 Å². The summed E-state index contributed by atoms with van der Waals surface area (Å²) in [6.45, 7) is 4.74. The normalized spacial score (nSPS) is 11.3. The van der Waals surface area contributed by atoms with Gasteiger partial charge in [0.25, 0.3) is 5.91 Å². The Kier molecular flexibility index (Phi) is 9.33. The topological polar surface area (TPSA) is 97.3 Å². The lowest BCUT2D eigenvalue weighted by molar-refractivity contribution is -0.119. The van der Waals surface area contributed by atoms with Crippen LogP contribution in [-0.4, -0.2) is 46.6 Å². The van der Waals surface area contributed by atoms with E-state index in [1.54, 1.807) is 24.3 Å². The van der Waals surface area contributed by atoms with Gasteiger partial charge in [-0.15, -0.1) is 0 Å². The molecule has 0 saturated heterocycles. The fraction of sp³-hybridized carbons (Fsp3) is 0.364. The molecule has 0 fully saturated rings. The Bertz CT molecular complexity index is 958. The minimum atomic E-state index is -3.66. The summed E-state index contributed by atoms with van der Waals surface area (Å²) in [5, 5.41) is 3.91. The molecule has 31 heavy (non-hydrogen) atoms. The number of ether oxygens (including phenoxy) is 2. The van der Waals surface area contributed by atoms with Crippen molar-refractivity contribution in [3.8, 4) is 11.5 Å². The molecule has 0 unspecified atom stereocenters. The Hall–Kier alpha value is -3.07. The Morgan fingerprint density at radius 3 is 2.23 bits per heavy atom. The van der Waals surface area contributed by atoms with E-state index in [1.165, 1.54) is 6.21 Å². The van der Waals surface area contributed by atoms with Gasteiger partial charge < -0.3 is 9.47 Å². The van der Waals surface area contributed by atoms with E-state index < -0.39 is 22.5 Å². The van der Waals surface area contributed by atoms with Crippen LogP contribution in [0.25, 0.3) is 0 Å². The zero-order valence-electron chi connectivity index (χ0n) is 18.1. The van der Waals surface area contributed by atoms with Gasteiger partial charge in [-0.25, -0.2) is 13.8 Å². The molecule has 0 aliphatic heterocycles. The summed E-state index contributed by atoms with van der Waals surface area (Å²) >= 11 is 0. The molecule has 168 valence electrons. The largest absolute Gasteiger partial charge is 0.494 e. The van der Waals surface area contributed by atoms with Crippen LogP contribution in [0.15, 0.2) is 53.6 Å². The molecule has 0 saturated carbocycles. The molecule has 0 bridgehead atoms. The Balaban J connectivity index is 1.95. The maximum atomic E-state index is 12.3. The Labute approximate surface area is 183 Å². The number of sulfonamides is 1. The van der Waals surface area contributed by atoms with Gasteiger partial charge in [-0.05, 0) is 67.4 Å². The smallest absolute Gasteiger partial charge is 0.260 e. The zero-order valence-corrected chi connectivity index (χ0v) is 18.9. The molecule has 0 spiro atoms. The van der Waals surface area contributed by atoms with Crippen LogP contribution in [0.3, 0.4) is 0 Å². The molecule has 0 radical (unpaired) electrons. The van der Waals surface area contributed by atoms with Crippen LogP contribution in [0.5, 0.6) is 11.5 Å². The van der Waals surface area contributed by atoms with Crippen molar-refractivity contribution in [3.05, 3.63) is 54.1 Å². The number of hydrazone groups is 1. The van der Waals surface area contributed by atoms with Crippen LogP contribution in [0.4, 0.5) is 5.69 Å². The van der Waals surface area contributed by atoms with E-state index in [-0.39, 0.29) is 0 Å². The van der Waals surface area contributed by atoms with Crippen molar-refractivity contribution in [1.82, 2.24) is 5.43 Å². The van der Waals surface area contributed by atoms with E-state index in [9.17, 15) is 13.2 Å². The molecule has 2 aromatic rings. The minimum Gasteiger partial charge on any atom is -0.494 e. The summed E-state index contributed by atoms with van der Waals surface area (Å²) in [6, 6.07) is 13.8. The second kappa shape index (κ2) is 11.9. The van der Waals surface area contributed by atoms with Crippen LogP contribution in [0.1, 0.15) is 32.3 Å². The zero-order chi connectivity index (χ0) is 22.7. The van der Waals surface area contributed by atoms with E-state index in [0.717, 1.165) is 34.7 Å². The predicted octanol–water partition coefficient (Wildman–Crippen LogP) is 3.18. The fourth-order valence-electron chi connectivity index (χ4n) is 2.60. The second-order valence-corrected chi connectivity index (χ2v) is 8.67. The molecule has 2 aromatic carbocycles. The number of benzene rings is 2. The molecule has 1 amide bonds. The van der Waals surface area contributed by atoms with Crippen molar-refractivity contribution < 1.29 is 22.7 Å². The first-order chi connectivity index (χ1) is 14.8. The van der Waals surface area contributed by atoms with E-state index in [1.807, 2.05) is 31.2 Å². The molecule has 0 aliphatic rings. The van der Waals surface area contributed by atoms with E-state index in [2.05, 4.69) is 17.5 Å². The number of hydrogen-bond donors (Lipinski definition) is 1. The molecule has 0 heterocycles. The Morgan fingerprint density at radius 2 is 1.65 bits per heavy atom. The van der Waals surface area contributed by atoms with Crippen molar-refractivity contribution >= 4 is 27.8 Å². The average Bonchev–Trinajstić information content (AvgIpc) is 2.73. The maximum absolute atomic E-state index is 12.3. The van der Waals surface area contributed by atoms with Gasteiger partial charge in [0.1, 0.15) is 18.0 Å². The maximum Gasteiger partial charge on any atom is 0.260 e. The van der Waals surface area contributed by atoms with Crippen molar-refractivity contribution in [2.45, 2.75) is 26.7 Å². The highest BCUT2D eigenvalue weighted by molar-refractivity contribution is 7.92. The summed E-state index contributed by atoms with van der Waals surface area (Å²) < 4.78 is 36.3. The number of carbonyl (C=O) groups is 1. The molecule has 9 heteroatoms. The van der Waals surface area contributed by atoms with Crippen LogP contribution in [-0.2, 0) is 14.8 Å². The van der Waals surface area contributed by atoms with Gasteiger partial charge in [-0.3, -0.25) is 9.10 Å². The van der Waals surface area contributed by atoms with Gasteiger partial charge in [-0.2, -0.15) is 5.10 Å². The molecular formula is C22H29N3O5S. The second-order valence-electron chi connectivity index (χ2n) is 6.76. The summed E-state index contributed by atoms with van der Waals surface area (Å²) in [5.41, 5.74) is 3.50. The van der Waals surface area contributed by atoms with Gasteiger partial charge in [-0.1, -0.05) is 13.3 Å². The molecule has 0 aromatic heterocycles. The molecular weight excluding hydrogens is 418 g/mol. The highest BCUT2D eigenvalue weighted by atomic mass is 32.2. The number of rotatable bonds is 12. The minimum absolute atomic E-state index is 0.365. The number of nitrogens with zero attached hydrogens (tertiary/aromatic N) is 2. The number of carbonyl (C=O) groups excluding carboxylic acids is 1. The van der Waals surface area contributed by atoms with Gasteiger partial charge in [0.05, 0.1) is 31.4 Å². The first-order valence-corrected chi connectivity index (χ1v) is 11.9. The number of anilines is 1. The third-order valence-corrected chi connectivity index (χ3v) is 5.31. The number of unbranched alkanes of at least 4 members (excludes halogenated alkanes) is 1. The highest BCUT2D eigenvalue weighted by Crippen LogP contribution is 2.21. The van der Waals surface area contributed by atoms with E-state index in [4.69, 9.17) is 9.47 Å². The van der Waals surface area contributed by atoms with Crippen LogP contribution in [0.2, 0.25) is 0 Å². The standard InChI is InChI=1S/C22H29N3O5S/c1-4-6-15-30-21-11-7-18(8-12-21)16-23-24-22(26)17-25(31(3,27)28)19-9-13-20(14-10-19)29-5-2/h7-14,16H,4-6,15,17H2,1-3H3,(H,24,26)/b23-16-. The van der Waals surface area contributed by atoms with Gasteiger partial charge in [0.2, 0.25) is 10.0 Å². The summed E-state index contributed by atoms with van der Waals surface area (Å²) in [7, 11) is -3.66. The lowest BCUT2D eigenvalue weighted by Gasteiger charge is -2.21. The predicted molar refractivity (Wildman–Crippen MR) is 122 cm³/mol. The third kappa shape index (κ3) is 8.29. The summed E-state index contributed by atoms with van der Waals surface area (Å²) in [4.78, 5) is 12.3. The average molecular weight is 448 g/mol. The van der Waals surface area contributed by atoms with Gasteiger partial charge >= 0.3 is 0 Å². The summed E-state index contributed by atoms with van der Waals surface area (Å²) in [6.07, 6.45) is 4.59. The molecule has 8 nitrogen and oxygen atoms in total. The van der Waals surface area contributed by atoms with Crippen molar-refractivity contribution in [2.24, 2.45) is 5.10 Å².